The van der Waals surface area contributed by atoms with E-state index in [0.29, 0.717) is 18.9 Å². The van der Waals surface area contributed by atoms with Gasteiger partial charge in [-0.2, -0.15) is 0 Å². The van der Waals surface area contributed by atoms with Gasteiger partial charge >= 0.3 is 0 Å². The lowest BCUT2D eigenvalue weighted by atomic mass is 10.1. The number of hydrogen-bond donors (Lipinski definition) is 2. The number of methoxy groups -OCH3 is 1. The predicted octanol–water partition coefficient (Wildman–Crippen LogP) is 2.96. The summed E-state index contributed by atoms with van der Waals surface area (Å²) in [4.78, 5) is 0. The third-order valence-corrected chi connectivity index (χ3v) is 3.94. The molecule has 2 rings (SSSR count). The van der Waals surface area contributed by atoms with Crippen LogP contribution in [0.1, 0.15) is 12.0 Å². The van der Waals surface area contributed by atoms with Crippen LogP contribution in [0.3, 0.4) is 0 Å². The van der Waals surface area contributed by atoms with Crippen molar-refractivity contribution >= 4 is 22.6 Å². The second kappa shape index (κ2) is 10.7. The molecule has 7 heteroatoms. The molecule has 25 heavy (non-hydrogen) atoms. The van der Waals surface area contributed by atoms with E-state index in [2.05, 4.69) is 22.2 Å². The standard InChI is InChI=1S/C18H24N2O4S/c1-23-13-14-24-18-10-4-15(5-11-18)3-2-12-19-16-6-8-17(9-7-16)20-25(21)22/h4-11,19-20H,2-3,12-14H2,1H3,(H,21,22)/p-1. The first kappa shape index (κ1) is 19.2. The monoisotopic (exact) mass is 363 g/mol. The van der Waals surface area contributed by atoms with Gasteiger partial charge in [-0.3, -0.25) is 4.21 Å². The summed E-state index contributed by atoms with van der Waals surface area (Å²) in [5, 5.41) is 3.32. The quantitative estimate of drug-likeness (QED) is 0.474. The Kier molecular flexibility index (Phi) is 8.24. The molecule has 0 aliphatic carbocycles. The zero-order valence-electron chi connectivity index (χ0n) is 14.2. The molecule has 0 aliphatic rings. The SMILES string of the molecule is COCCOc1ccc(CCCNc2ccc(NS(=O)[O-])cc2)cc1. The maximum atomic E-state index is 10.5. The Bertz CT molecular complexity index is 647. The Morgan fingerprint density at radius 3 is 2.32 bits per heavy atom. The molecule has 0 bridgehead atoms. The molecule has 0 saturated heterocycles. The van der Waals surface area contributed by atoms with E-state index in [9.17, 15) is 8.76 Å². The Morgan fingerprint density at radius 1 is 1.00 bits per heavy atom. The molecule has 0 spiro atoms. The molecule has 136 valence electrons. The van der Waals surface area contributed by atoms with Gasteiger partial charge in [0.2, 0.25) is 0 Å². The molecular weight excluding hydrogens is 340 g/mol. The largest absolute Gasteiger partial charge is 0.755 e. The van der Waals surface area contributed by atoms with Gasteiger partial charge in [0.15, 0.2) is 0 Å². The van der Waals surface area contributed by atoms with Crippen LogP contribution in [-0.4, -0.2) is 35.6 Å². The molecule has 0 saturated carbocycles. The molecule has 2 N–H and O–H groups in total. The van der Waals surface area contributed by atoms with E-state index >= 15 is 0 Å². The fraction of sp³-hybridized carbons (Fsp3) is 0.333. The molecule has 0 fully saturated rings. The normalized spacial score (nSPS) is 11.8. The first-order valence-corrected chi connectivity index (χ1v) is 9.15. The van der Waals surface area contributed by atoms with Crippen molar-refractivity contribution in [2.75, 3.05) is 36.9 Å². The lowest BCUT2D eigenvalue weighted by Crippen LogP contribution is -2.05. The Morgan fingerprint density at radius 2 is 1.68 bits per heavy atom. The first-order chi connectivity index (χ1) is 12.2. The summed E-state index contributed by atoms with van der Waals surface area (Å²) in [5.41, 5.74) is 2.77. The number of benzene rings is 2. The van der Waals surface area contributed by atoms with Crippen LogP contribution in [0, 0.1) is 0 Å². The van der Waals surface area contributed by atoms with Crippen molar-refractivity contribution in [2.24, 2.45) is 0 Å². The summed E-state index contributed by atoms with van der Waals surface area (Å²) < 4.78 is 33.9. The highest BCUT2D eigenvalue weighted by molar-refractivity contribution is 7.80. The van der Waals surface area contributed by atoms with Gasteiger partial charge in [-0.15, -0.1) is 0 Å². The van der Waals surface area contributed by atoms with E-state index in [0.717, 1.165) is 30.8 Å². The zero-order chi connectivity index (χ0) is 17.9. The molecular formula is C18H23N2O4S-. The van der Waals surface area contributed by atoms with Gasteiger partial charge < -0.3 is 24.1 Å². The average Bonchev–Trinajstić information content (AvgIpc) is 2.61. The van der Waals surface area contributed by atoms with Crippen LogP contribution in [0.5, 0.6) is 5.75 Å². The van der Waals surface area contributed by atoms with Gasteiger partial charge in [0.1, 0.15) is 12.4 Å². The minimum Gasteiger partial charge on any atom is -0.755 e. The smallest absolute Gasteiger partial charge is 0.119 e. The average molecular weight is 363 g/mol. The van der Waals surface area contributed by atoms with Gasteiger partial charge in [-0.25, -0.2) is 0 Å². The second-order valence-corrected chi connectivity index (χ2v) is 6.10. The van der Waals surface area contributed by atoms with Crippen molar-refractivity contribution in [3.05, 3.63) is 54.1 Å². The van der Waals surface area contributed by atoms with Crippen LogP contribution in [0.4, 0.5) is 11.4 Å². The first-order valence-electron chi connectivity index (χ1n) is 8.08. The number of ether oxygens (including phenoxy) is 2. The molecule has 1 unspecified atom stereocenters. The molecule has 0 aliphatic heterocycles. The van der Waals surface area contributed by atoms with Crippen molar-refractivity contribution in [2.45, 2.75) is 12.8 Å². The lowest BCUT2D eigenvalue weighted by Gasteiger charge is -2.10. The highest BCUT2D eigenvalue weighted by Crippen LogP contribution is 2.15. The summed E-state index contributed by atoms with van der Waals surface area (Å²) in [6.45, 7) is 1.98. The summed E-state index contributed by atoms with van der Waals surface area (Å²) in [6, 6.07) is 15.2. The number of anilines is 2. The van der Waals surface area contributed by atoms with Crippen molar-refractivity contribution in [1.29, 1.82) is 0 Å². The summed E-state index contributed by atoms with van der Waals surface area (Å²) in [6.07, 6.45) is 1.97. The van der Waals surface area contributed by atoms with Gasteiger partial charge in [-0.1, -0.05) is 12.1 Å². The highest BCUT2D eigenvalue weighted by atomic mass is 32.2. The molecule has 1 atom stereocenters. The van der Waals surface area contributed by atoms with E-state index in [1.54, 1.807) is 19.2 Å². The van der Waals surface area contributed by atoms with E-state index in [1.165, 1.54) is 5.56 Å². The Hall–Kier alpha value is -2.09. The summed E-state index contributed by atoms with van der Waals surface area (Å²) >= 11 is -2.29. The van der Waals surface area contributed by atoms with Gasteiger partial charge in [0.25, 0.3) is 0 Å². The second-order valence-electron chi connectivity index (χ2n) is 5.43. The fourth-order valence-electron chi connectivity index (χ4n) is 2.27. The molecule has 2 aromatic rings. The van der Waals surface area contributed by atoms with E-state index in [1.807, 2.05) is 24.3 Å². The van der Waals surface area contributed by atoms with Crippen LogP contribution >= 0.6 is 0 Å². The van der Waals surface area contributed by atoms with Crippen molar-refractivity contribution in [3.63, 3.8) is 0 Å². The van der Waals surface area contributed by atoms with Crippen LogP contribution < -0.4 is 14.8 Å². The minimum absolute atomic E-state index is 0.548. The number of aryl methyl sites for hydroxylation is 1. The van der Waals surface area contributed by atoms with E-state index in [4.69, 9.17) is 9.47 Å². The van der Waals surface area contributed by atoms with Gasteiger partial charge in [-0.05, 0) is 54.8 Å². The van der Waals surface area contributed by atoms with Crippen molar-refractivity contribution in [3.8, 4) is 5.75 Å². The molecule has 0 amide bonds. The molecule has 0 radical (unpaired) electrons. The van der Waals surface area contributed by atoms with Crippen LogP contribution in [0.25, 0.3) is 0 Å². The fourth-order valence-corrected chi connectivity index (χ4v) is 2.60. The molecule has 2 aromatic carbocycles. The number of rotatable bonds is 11. The molecule has 0 aromatic heterocycles. The maximum absolute atomic E-state index is 10.5. The maximum Gasteiger partial charge on any atom is 0.119 e. The minimum atomic E-state index is -2.29. The molecule has 6 nitrogen and oxygen atoms in total. The van der Waals surface area contributed by atoms with Crippen LogP contribution in [-0.2, 0) is 22.4 Å². The van der Waals surface area contributed by atoms with Gasteiger partial charge in [0.05, 0.1) is 6.61 Å². The third-order valence-electron chi connectivity index (χ3n) is 3.54. The Labute approximate surface area is 151 Å². The number of nitrogens with one attached hydrogen (secondary N) is 2. The summed E-state index contributed by atoms with van der Waals surface area (Å²) in [7, 11) is 1.65. The third kappa shape index (κ3) is 7.55. The van der Waals surface area contributed by atoms with E-state index < -0.39 is 11.3 Å². The van der Waals surface area contributed by atoms with Gasteiger partial charge in [0, 0.05) is 36.3 Å². The zero-order valence-corrected chi connectivity index (χ0v) is 15.0. The van der Waals surface area contributed by atoms with Crippen molar-refractivity contribution in [1.82, 2.24) is 0 Å². The number of hydrogen-bond acceptors (Lipinski definition) is 5. The summed E-state index contributed by atoms with van der Waals surface area (Å²) in [5.74, 6) is 0.853. The topological polar surface area (TPSA) is 82.7 Å². The highest BCUT2D eigenvalue weighted by Gasteiger charge is 1.98. The predicted molar refractivity (Wildman–Crippen MR) is 99.6 cm³/mol. The van der Waals surface area contributed by atoms with E-state index in [-0.39, 0.29) is 0 Å². The molecule has 0 heterocycles. The van der Waals surface area contributed by atoms with Crippen LogP contribution in [0.2, 0.25) is 0 Å². The Balaban J connectivity index is 1.67. The van der Waals surface area contributed by atoms with Crippen LogP contribution in [0.15, 0.2) is 48.5 Å². The lowest BCUT2D eigenvalue weighted by molar-refractivity contribution is 0.146. The van der Waals surface area contributed by atoms with Crippen molar-refractivity contribution < 1.29 is 18.2 Å².